The van der Waals surface area contributed by atoms with E-state index in [0.29, 0.717) is 17.8 Å². The molecule has 5 nitrogen and oxygen atoms in total. The molecule has 1 heterocycles. The molecular weight excluding hydrogens is 268 g/mol. The van der Waals surface area contributed by atoms with Gasteiger partial charge in [-0.2, -0.15) is 0 Å². The third-order valence-corrected chi connectivity index (χ3v) is 3.82. The summed E-state index contributed by atoms with van der Waals surface area (Å²) in [4.78, 5) is 25.3. The topological polar surface area (TPSA) is 69.6 Å². The number of piperidine rings is 1. The van der Waals surface area contributed by atoms with Crippen molar-refractivity contribution in [3.8, 4) is 0 Å². The van der Waals surface area contributed by atoms with Crippen molar-refractivity contribution in [3.63, 3.8) is 0 Å². The summed E-state index contributed by atoms with van der Waals surface area (Å²) in [6.07, 6.45) is 2.33. The van der Waals surface area contributed by atoms with Crippen molar-refractivity contribution < 1.29 is 14.7 Å². The molecule has 0 spiro atoms. The molecule has 0 radical (unpaired) electrons. The van der Waals surface area contributed by atoms with Crippen molar-refractivity contribution in [1.82, 2.24) is 4.90 Å². The first-order valence-corrected chi connectivity index (χ1v) is 7.35. The quantitative estimate of drug-likeness (QED) is 0.894. The number of carbonyl (C=O) groups excluding carboxylic acids is 2. The maximum atomic E-state index is 12.6. The molecule has 1 aromatic rings. The molecule has 1 saturated heterocycles. The highest BCUT2D eigenvalue weighted by atomic mass is 16.3. The van der Waals surface area contributed by atoms with E-state index in [1.165, 1.54) is 6.92 Å². The van der Waals surface area contributed by atoms with Crippen LogP contribution in [0, 0.1) is 0 Å². The van der Waals surface area contributed by atoms with Crippen LogP contribution >= 0.6 is 0 Å². The van der Waals surface area contributed by atoms with E-state index in [4.69, 9.17) is 0 Å². The molecule has 2 amide bonds. The number of hydrogen-bond acceptors (Lipinski definition) is 3. The number of nitrogens with one attached hydrogen (secondary N) is 1. The van der Waals surface area contributed by atoms with Gasteiger partial charge < -0.3 is 15.3 Å². The molecule has 1 fully saturated rings. The minimum Gasteiger partial charge on any atom is -0.391 e. The van der Waals surface area contributed by atoms with Gasteiger partial charge in [-0.05, 0) is 50.5 Å². The van der Waals surface area contributed by atoms with E-state index >= 15 is 0 Å². The van der Waals surface area contributed by atoms with Crippen LogP contribution in [0.5, 0.6) is 0 Å². The number of hydrogen-bond donors (Lipinski definition) is 2. The SMILES string of the molecule is CC(=O)Nc1ccc(C(=O)N2CCCCC2C(C)O)cc1. The van der Waals surface area contributed by atoms with Gasteiger partial charge in [0.1, 0.15) is 0 Å². The van der Waals surface area contributed by atoms with E-state index in [0.717, 1.165) is 19.3 Å². The molecule has 2 rings (SSSR count). The summed E-state index contributed by atoms with van der Waals surface area (Å²) in [5.74, 6) is -0.200. The van der Waals surface area contributed by atoms with Crippen LogP contribution in [0.25, 0.3) is 0 Å². The van der Waals surface area contributed by atoms with E-state index in [1.807, 2.05) is 0 Å². The van der Waals surface area contributed by atoms with Gasteiger partial charge in [-0.3, -0.25) is 9.59 Å². The standard InChI is InChI=1S/C16H22N2O3/c1-11(19)15-5-3-4-10-18(15)16(21)13-6-8-14(9-7-13)17-12(2)20/h6-9,11,15,19H,3-5,10H2,1-2H3,(H,17,20). The van der Waals surface area contributed by atoms with Crippen molar-refractivity contribution >= 4 is 17.5 Å². The number of likely N-dealkylation sites (tertiary alicyclic amines) is 1. The van der Waals surface area contributed by atoms with E-state index in [-0.39, 0.29) is 17.9 Å². The maximum absolute atomic E-state index is 12.6. The molecule has 21 heavy (non-hydrogen) atoms. The van der Waals surface area contributed by atoms with Crippen LogP contribution in [0.15, 0.2) is 24.3 Å². The third kappa shape index (κ3) is 3.82. The van der Waals surface area contributed by atoms with E-state index < -0.39 is 6.10 Å². The van der Waals surface area contributed by atoms with Crippen molar-refractivity contribution in [1.29, 1.82) is 0 Å². The molecule has 0 bridgehead atoms. The highest BCUT2D eigenvalue weighted by Gasteiger charge is 2.30. The highest BCUT2D eigenvalue weighted by molar-refractivity contribution is 5.95. The van der Waals surface area contributed by atoms with Crippen molar-refractivity contribution in [2.75, 3.05) is 11.9 Å². The Morgan fingerprint density at radius 2 is 1.95 bits per heavy atom. The second kappa shape index (κ2) is 6.72. The van der Waals surface area contributed by atoms with Gasteiger partial charge >= 0.3 is 0 Å². The Kier molecular flexibility index (Phi) is 4.96. The second-order valence-corrected chi connectivity index (χ2v) is 5.56. The Labute approximate surface area is 125 Å². The Hall–Kier alpha value is -1.88. The van der Waals surface area contributed by atoms with E-state index in [9.17, 15) is 14.7 Å². The first-order valence-electron chi connectivity index (χ1n) is 7.35. The van der Waals surface area contributed by atoms with E-state index in [1.54, 1.807) is 36.1 Å². The molecule has 2 N–H and O–H groups in total. The zero-order valence-electron chi connectivity index (χ0n) is 12.5. The smallest absolute Gasteiger partial charge is 0.254 e. The van der Waals surface area contributed by atoms with Gasteiger partial charge in [0.05, 0.1) is 12.1 Å². The van der Waals surface area contributed by atoms with Gasteiger partial charge in [0.15, 0.2) is 0 Å². The van der Waals surface area contributed by atoms with Crippen molar-refractivity contribution in [2.24, 2.45) is 0 Å². The molecule has 2 unspecified atom stereocenters. The predicted molar refractivity (Wildman–Crippen MR) is 81.1 cm³/mol. The van der Waals surface area contributed by atoms with Crippen molar-refractivity contribution in [2.45, 2.75) is 45.3 Å². The molecule has 114 valence electrons. The van der Waals surface area contributed by atoms with Crippen LogP contribution < -0.4 is 5.32 Å². The fraction of sp³-hybridized carbons (Fsp3) is 0.500. The number of nitrogens with zero attached hydrogens (tertiary/aromatic N) is 1. The Morgan fingerprint density at radius 3 is 2.52 bits per heavy atom. The van der Waals surface area contributed by atoms with Crippen LogP contribution in [0.2, 0.25) is 0 Å². The third-order valence-electron chi connectivity index (χ3n) is 3.82. The summed E-state index contributed by atoms with van der Waals surface area (Å²) in [5.41, 5.74) is 1.25. The molecular formula is C16H22N2O3. The fourth-order valence-electron chi connectivity index (χ4n) is 2.78. The minimum atomic E-state index is -0.520. The van der Waals surface area contributed by atoms with Gasteiger partial charge in [0.25, 0.3) is 5.91 Å². The fourth-order valence-corrected chi connectivity index (χ4v) is 2.78. The van der Waals surface area contributed by atoms with Gasteiger partial charge in [0.2, 0.25) is 5.91 Å². The number of aliphatic hydroxyl groups is 1. The zero-order valence-corrected chi connectivity index (χ0v) is 12.5. The first kappa shape index (κ1) is 15.5. The van der Waals surface area contributed by atoms with Crippen LogP contribution in [0.4, 0.5) is 5.69 Å². The number of anilines is 1. The molecule has 1 aliphatic heterocycles. The van der Waals surface area contributed by atoms with Crippen LogP contribution in [-0.4, -0.2) is 40.5 Å². The number of amides is 2. The molecule has 5 heteroatoms. The van der Waals surface area contributed by atoms with Gasteiger partial charge in [-0.25, -0.2) is 0 Å². The average Bonchev–Trinajstić information content (AvgIpc) is 2.46. The Balaban J connectivity index is 2.12. The predicted octanol–water partition coefficient (Wildman–Crippen LogP) is 2.02. The highest BCUT2D eigenvalue weighted by Crippen LogP contribution is 2.22. The maximum Gasteiger partial charge on any atom is 0.254 e. The average molecular weight is 290 g/mol. The second-order valence-electron chi connectivity index (χ2n) is 5.56. The molecule has 0 saturated carbocycles. The summed E-state index contributed by atoms with van der Waals surface area (Å²) < 4.78 is 0. The van der Waals surface area contributed by atoms with Gasteiger partial charge in [0, 0.05) is 24.7 Å². The molecule has 1 aliphatic rings. The van der Waals surface area contributed by atoms with Gasteiger partial charge in [-0.15, -0.1) is 0 Å². The normalized spacial score (nSPS) is 20.0. The number of carbonyl (C=O) groups is 2. The molecule has 0 aliphatic carbocycles. The summed E-state index contributed by atoms with van der Waals surface area (Å²) in [6.45, 7) is 3.86. The lowest BCUT2D eigenvalue weighted by molar-refractivity contribution is -0.114. The summed E-state index contributed by atoms with van der Waals surface area (Å²) >= 11 is 0. The molecule has 1 aromatic carbocycles. The van der Waals surface area contributed by atoms with E-state index in [2.05, 4.69) is 5.32 Å². The number of aliphatic hydroxyl groups excluding tert-OH is 1. The van der Waals surface area contributed by atoms with Crippen molar-refractivity contribution in [3.05, 3.63) is 29.8 Å². The number of benzene rings is 1. The Morgan fingerprint density at radius 1 is 1.29 bits per heavy atom. The molecule has 2 atom stereocenters. The largest absolute Gasteiger partial charge is 0.391 e. The Bertz CT molecular complexity index is 511. The summed E-state index contributed by atoms with van der Waals surface area (Å²) in [5, 5.41) is 12.5. The zero-order chi connectivity index (χ0) is 15.4. The summed E-state index contributed by atoms with van der Waals surface area (Å²) in [6, 6.07) is 6.75. The van der Waals surface area contributed by atoms with Crippen LogP contribution in [-0.2, 0) is 4.79 Å². The first-order chi connectivity index (χ1) is 9.99. The molecule has 0 aromatic heterocycles. The lowest BCUT2D eigenvalue weighted by Gasteiger charge is -2.37. The van der Waals surface area contributed by atoms with Crippen LogP contribution in [0.1, 0.15) is 43.5 Å². The lowest BCUT2D eigenvalue weighted by atomic mass is 9.97. The van der Waals surface area contributed by atoms with Gasteiger partial charge in [-0.1, -0.05) is 0 Å². The monoisotopic (exact) mass is 290 g/mol. The lowest BCUT2D eigenvalue weighted by Crippen LogP contribution is -2.48. The van der Waals surface area contributed by atoms with Crippen LogP contribution in [0.3, 0.4) is 0 Å². The number of rotatable bonds is 3. The summed E-state index contributed by atoms with van der Waals surface area (Å²) in [7, 11) is 0. The minimum absolute atomic E-state index is 0.0602.